The number of aliphatic hydroxyl groups is 1. The first kappa shape index (κ1) is 17.1. The van der Waals surface area contributed by atoms with Crippen molar-refractivity contribution in [2.24, 2.45) is 0 Å². The number of pyridine rings is 1. The van der Waals surface area contributed by atoms with E-state index in [1.807, 2.05) is 37.3 Å². The average molecular weight is 390 g/mol. The fourth-order valence-corrected chi connectivity index (χ4v) is 3.48. The van der Waals surface area contributed by atoms with Gasteiger partial charge in [0.05, 0.1) is 5.69 Å². The van der Waals surface area contributed by atoms with Crippen LogP contribution < -0.4 is 10.6 Å². The van der Waals surface area contributed by atoms with E-state index < -0.39 is 0 Å². The molecule has 5 nitrogen and oxygen atoms in total. The van der Waals surface area contributed by atoms with Crippen LogP contribution >= 0.6 is 15.9 Å². The van der Waals surface area contributed by atoms with Crippen LogP contribution in [0.15, 0.2) is 34.8 Å². The maximum Gasteiger partial charge on any atom is 0.269 e. The van der Waals surface area contributed by atoms with Gasteiger partial charge in [0.1, 0.15) is 5.69 Å². The molecular formula is C18H20BrN3O2. The predicted molar refractivity (Wildman–Crippen MR) is 96.7 cm³/mol. The molecule has 0 unspecified atom stereocenters. The molecule has 0 spiro atoms. The van der Waals surface area contributed by atoms with Crippen molar-refractivity contribution in [3.63, 3.8) is 0 Å². The molecule has 1 aromatic heterocycles. The molecule has 1 aliphatic rings. The first-order valence-electron chi connectivity index (χ1n) is 8.06. The number of aromatic nitrogens is 1. The van der Waals surface area contributed by atoms with E-state index in [1.54, 1.807) is 0 Å². The Morgan fingerprint density at radius 1 is 1.46 bits per heavy atom. The molecule has 0 saturated heterocycles. The predicted octanol–water partition coefficient (Wildman–Crippen LogP) is 2.79. The second kappa shape index (κ2) is 7.42. The lowest BCUT2D eigenvalue weighted by atomic mass is 9.96. The number of halogens is 1. The van der Waals surface area contributed by atoms with Crippen molar-refractivity contribution in [3.05, 3.63) is 51.6 Å². The number of fused-ring (bicyclic) bond motifs is 1. The molecule has 1 atom stereocenters. The number of benzene rings is 1. The van der Waals surface area contributed by atoms with E-state index in [4.69, 9.17) is 0 Å². The Balaban J connectivity index is 2.15. The number of nitrogens with zero attached hydrogens (tertiary/aromatic N) is 1. The third kappa shape index (κ3) is 3.36. The van der Waals surface area contributed by atoms with Crippen molar-refractivity contribution in [1.29, 1.82) is 0 Å². The third-order valence-corrected chi connectivity index (χ3v) is 4.61. The standard InChI is InChI=1S/C18H20BrN3O2/c1-2-20-18(24)15-9-12-10-21-14(6-7-23)16(12)17(22-15)11-4-3-5-13(19)8-11/h3-5,8-9,14,21,23H,2,6-7,10H2,1H3,(H,20,24)/t14-/m0/s1. The lowest BCUT2D eigenvalue weighted by molar-refractivity contribution is 0.0951. The largest absolute Gasteiger partial charge is 0.396 e. The Hall–Kier alpha value is -1.76. The highest BCUT2D eigenvalue weighted by Gasteiger charge is 2.28. The molecule has 0 bridgehead atoms. The minimum atomic E-state index is -0.165. The van der Waals surface area contributed by atoms with Gasteiger partial charge in [-0.2, -0.15) is 0 Å². The van der Waals surface area contributed by atoms with Gasteiger partial charge in [0.15, 0.2) is 0 Å². The molecule has 2 heterocycles. The Kier molecular flexibility index (Phi) is 5.28. The zero-order valence-electron chi connectivity index (χ0n) is 13.5. The summed E-state index contributed by atoms with van der Waals surface area (Å²) >= 11 is 3.50. The summed E-state index contributed by atoms with van der Waals surface area (Å²) in [5.41, 5.74) is 4.34. The number of carbonyl (C=O) groups excluding carboxylic acids is 1. The van der Waals surface area contributed by atoms with Crippen molar-refractivity contribution in [2.75, 3.05) is 13.2 Å². The van der Waals surface area contributed by atoms with Crippen molar-refractivity contribution in [2.45, 2.75) is 25.9 Å². The number of hydrogen-bond acceptors (Lipinski definition) is 4. The van der Waals surface area contributed by atoms with Crippen LogP contribution in [0.3, 0.4) is 0 Å². The number of rotatable bonds is 5. The van der Waals surface area contributed by atoms with E-state index in [-0.39, 0.29) is 18.6 Å². The van der Waals surface area contributed by atoms with E-state index in [0.29, 0.717) is 25.2 Å². The molecule has 1 aliphatic heterocycles. The van der Waals surface area contributed by atoms with Gasteiger partial charge in [0.2, 0.25) is 0 Å². The Labute approximate surface area is 149 Å². The summed E-state index contributed by atoms with van der Waals surface area (Å²) in [6.45, 7) is 3.23. The SMILES string of the molecule is CCNC(=O)c1cc2c(c(-c3cccc(Br)c3)n1)[C@H](CCO)NC2. The van der Waals surface area contributed by atoms with Crippen LogP contribution in [0.25, 0.3) is 11.3 Å². The van der Waals surface area contributed by atoms with E-state index in [9.17, 15) is 9.90 Å². The van der Waals surface area contributed by atoms with Crippen LogP contribution in [0.1, 0.15) is 41.0 Å². The van der Waals surface area contributed by atoms with Gasteiger partial charge in [0.25, 0.3) is 5.91 Å². The molecule has 0 radical (unpaired) electrons. The maximum atomic E-state index is 12.3. The van der Waals surface area contributed by atoms with Gasteiger partial charge < -0.3 is 15.7 Å². The first-order chi connectivity index (χ1) is 11.6. The molecule has 1 aromatic carbocycles. The van der Waals surface area contributed by atoms with E-state index in [0.717, 1.165) is 26.9 Å². The lowest BCUT2D eigenvalue weighted by Crippen LogP contribution is -2.24. The summed E-state index contributed by atoms with van der Waals surface area (Å²) in [7, 11) is 0. The molecule has 3 rings (SSSR count). The molecule has 0 fully saturated rings. The van der Waals surface area contributed by atoms with Crippen LogP contribution in [0.2, 0.25) is 0 Å². The van der Waals surface area contributed by atoms with E-state index in [1.165, 1.54) is 0 Å². The molecule has 24 heavy (non-hydrogen) atoms. The van der Waals surface area contributed by atoms with Crippen LogP contribution in [0, 0.1) is 0 Å². The van der Waals surface area contributed by atoms with Gasteiger partial charge in [-0.3, -0.25) is 4.79 Å². The van der Waals surface area contributed by atoms with Crippen LogP contribution in [-0.2, 0) is 6.54 Å². The van der Waals surface area contributed by atoms with Gasteiger partial charge >= 0.3 is 0 Å². The van der Waals surface area contributed by atoms with Crippen molar-refractivity contribution < 1.29 is 9.90 Å². The monoisotopic (exact) mass is 389 g/mol. The van der Waals surface area contributed by atoms with E-state index in [2.05, 4.69) is 31.5 Å². The highest BCUT2D eigenvalue weighted by molar-refractivity contribution is 9.10. The van der Waals surface area contributed by atoms with Gasteiger partial charge in [-0.1, -0.05) is 28.1 Å². The normalized spacial score (nSPS) is 16.0. The number of aliphatic hydroxyl groups excluding tert-OH is 1. The van der Waals surface area contributed by atoms with Gasteiger partial charge in [-0.05, 0) is 42.7 Å². The highest BCUT2D eigenvalue weighted by atomic mass is 79.9. The quantitative estimate of drug-likeness (QED) is 0.734. The van der Waals surface area contributed by atoms with Crippen molar-refractivity contribution >= 4 is 21.8 Å². The highest BCUT2D eigenvalue weighted by Crippen LogP contribution is 2.36. The number of nitrogens with one attached hydrogen (secondary N) is 2. The minimum absolute atomic E-state index is 0.0507. The summed E-state index contributed by atoms with van der Waals surface area (Å²) in [4.78, 5) is 16.9. The number of hydrogen-bond donors (Lipinski definition) is 3. The molecule has 126 valence electrons. The summed E-state index contributed by atoms with van der Waals surface area (Å²) in [6.07, 6.45) is 0.621. The summed E-state index contributed by atoms with van der Waals surface area (Å²) in [5, 5.41) is 15.5. The van der Waals surface area contributed by atoms with Crippen LogP contribution in [0.4, 0.5) is 0 Å². The van der Waals surface area contributed by atoms with Gasteiger partial charge in [0, 0.05) is 35.8 Å². The molecular weight excluding hydrogens is 370 g/mol. The molecule has 2 aromatic rings. The number of carbonyl (C=O) groups is 1. The number of amides is 1. The lowest BCUT2D eigenvalue weighted by Gasteiger charge is -2.16. The third-order valence-electron chi connectivity index (χ3n) is 4.12. The molecule has 0 aliphatic carbocycles. The maximum absolute atomic E-state index is 12.3. The fraction of sp³-hybridized carbons (Fsp3) is 0.333. The summed E-state index contributed by atoms with van der Waals surface area (Å²) in [5.74, 6) is -0.165. The topological polar surface area (TPSA) is 74.2 Å². The molecule has 1 amide bonds. The Morgan fingerprint density at radius 2 is 2.29 bits per heavy atom. The van der Waals surface area contributed by atoms with E-state index >= 15 is 0 Å². The zero-order chi connectivity index (χ0) is 17.1. The molecule has 0 saturated carbocycles. The van der Waals surface area contributed by atoms with Crippen molar-refractivity contribution in [1.82, 2.24) is 15.6 Å². The average Bonchev–Trinajstić information content (AvgIpc) is 2.98. The minimum Gasteiger partial charge on any atom is -0.396 e. The van der Waals surface area contributed by atoms with Crippen molar-refractivity contribution in [3.8, 4) is 11.3 Å². The van der Waals surface area contributed by atoms with Crippen LogP contribution in [0.5, 0.6) is 0 Å². The fourth-order valence-electron chi connectivity index (χ4n) is 3.08. The van der Waals surface area contributed by atoms with Gasteiger partial charge in [-0.25, -0.2) is 4.98 Å². The van der Waals surface area contributed by atoms with Gasteiger partial charge in [-0.15, -0.1) is 0 Å². The molecule has 6 heteroatoms. The van der Waals surface area contributed by atoms with Crippen LogP contribution in [-0.4, -0.2) is 29.1 Å². The Morgan fingerprint density at radius 3 is 3.00 bits per heavy atom. The smallest absolute Gasteiger partial charge is 0.269 e. The second-order valence-electron chi connectivity index (χ2n) is 5.74. The summed E-state index contributed by atoms with van der Waals surface area (Å²) in [6, 6.07) is 9.81. The summed E-state index contributed by atoms with van der Waals surface area (Å²) < 4.78 is 0.962. The molecule has 3 N–H and O–H groups in total. The first-order valence-corrected chi connectivity index (χ1v) is 8.85. The Bertz CT molecular complexity index is 764. The zero-order valence-corrected chi connectivity index (χ0v) is 15.1. The second-order valence-corrected chi connectivity index (χ2v) is 6.66.